The van der Waals surface area contributed by atoms with Crippen LogP contribution in [0.2, 0.25) is 0 Å². The van der Waals surface area contributed by atoms with Crippen LogP contribution in [0.4, 0.5) is 10.5 Å². The molecule has 130 valence electrons. The van der Waals surface area contributed by atoms with Crippen molar-refractivity contribution in [3.05, 3.63) is 53.6 Å². The fourth-order valence-corrected chi connectivity index (χ4v) is 2.75. The van der Waals surface area contributed by atoms with E-state index < -0.39 is 0 Å². The Balaban J connectivity index is 1.73. The van der Waals surface area contributed by atoms with Crippen LogP contribution in [-0.4, -0.2) is 36.5 Å². The van der Waals surface area contributed by atoms with E-state index in [0.29, 0.717) is 24.5 Å². The van der Waals surface area contributed by atoms with Crippen molar-refractivity contribution in [1.29, 1.82) is 0 Å². The molecular weight excluding hydrogens is 318 g/mol. The molecular formula is C19H21N3O3. The number of hydrogen-bond acceptors (Lipinski definition) is 4. The monoisotopic (exact) mass is 339 g/mol. The average Bonchev–Trinajstić information content (AvgIpc) is 3.03. The first-order valence-corrected chi connectivity index (χ1v) is 8.21. The van der Waals surface area contributed by atoms with Gasteiger partial charge < -0.3 is 15.4 Å². The molecule has 6 nitrogen and oxygen atoms in total. The van der Waals surface area contributed by atoms with E-state index >= 15 is 0 Å². The number of carbonyl (C=O) groups is 2. The van der Waals surface area contributed by atoms with Crippen LogP contribution in [0.1, 0.15) is 11.1 Å². The number of nitrogens with zero attached hydrogens (tertiary/aromatic N) is 1. The molecule has 1 fully saturated rings. The molecule has 0 aromatic heterocycles. The molecule has 0 saturated carbocycles. The largest absolute Gasteiger partial charge is 0.455 e. The van der Waals surface area contributed by atoms with E-state index in [1.165, 1.54) is 4.90 Å². The second-order valence-electron chi connectivity index (χ2n) is 5.95. The molecule has 1 aliphatic rings. The van der Waals surface area contributed by atoms with Gasteiger partial charge in [-0.3, -0.25) is 9.69 Å². The summed E-state index contributed by atoms with van der Waals surface area (Å²) >= 11 is 0. The molecule has 3 rings (SSSR count). The van der Waals surface area contributed by atoms with Crippen LogP contribution in [0.25, 0.3) is 0 Å². The van der Waals surface area contributed by atoms with Gasteiger partial charge >= 0.3 is 6.03 Å². The quantitative estimate of drug-likeness (QED) is 0.878. The number of carbonyl (C=O) groups excluding carboxylic acids is 2. The number of rotatable bonds is 5. The SMILES string of the molecule is Cc1cccc(C)c1Oc1ccccc1NCC(=O)N1CCNC1=O. The Morgan fingerprint density at radius 3 is 2.56 bits per heavy atom. The molecule has 0 atom stereocenters. The second kappa shape index (κ2) is 7.25. The first-order valence-electron chi connectivity index (χ1n) is 8.21. The number of hydrogen-bond donors (Lipinski definition) is 2. The van der Waals surface area contributed by atoms with Gasteiger partial charge in [-0.15, -0.1) is 0 Å². The number of anilines is 1. The molecule has 0 aliphatic carbocycles. The van der Waals surface area contributed by atoms with Crippen molar-refractivity contribution >= 4 is 17.6 Å². The summed E-state index contributed by atoms with van der Waals surface area (Å²) < 4.78 is 6.08. The van der Waals surface area contributed by atoms with Gasteiger partial charge in [0, 0.05) is 13.1 Å². The van der Waals surface area contributed by atoms with Gasteiger partial charge in [-0.1, -0.05) is 30.3 Å². The normalized spacial score (nSPS) is 13.5. The molecule has 0 unspecified atom stereocenters. The molecule has 0 bridgehead atoms. The number of imide groups is 1. The Morgan fingerprint density at radius 1 is 1.16 bits per heavy atom. The van der Waals surface area contributed by atoms with Crippen molar-refractivity contribution in [1.82, 2.24) is 10.2 Å². The van der Waals surface area contributed by atoms with Gasteiger partial charge in [-0.25, -0.2) is 4.79 Å². The van der Waals surface area contributed by atoms with E-state index in [9.17, 15) is 9.59 Å². The van der Waals surface area contributed by atoms with E-state index in [0.717, 1.165) is 16.9 Å². The maximum Gasteiger partial charge on any atom is 0.324 e. The van der Waals surface area contributed by atoms with Gasteiger partial charge in [0.1, 0.15) is 5.75 Å². The van der Waals surface area contributed by atoms with Crippen LogP contribution < -0.4 is 15.4 Å². The summed E-state index contributed by atoms with van der Waals surface area (Å²) in [5.74, 6) is 1.18. The molecule has 2 N–H and O–H groups in total. The topological polar surface area (TPSA) is 70.7 Å². The molecule has 1 heterocycles. The van der Waals surface area contributed by atoms with E-state index in [2.05, 4.69) is 10.6 Å². The summed E-state index contributed by atoms with van der Waals surface area (Å²) in [4.78, 5) is 24.9. The Morgan fingerprint density at radius 2 is 1.88 bits per heavy atom. The Labute approximate surface area is 146 Å². The zero-order valence-corrected chi connectivity index (χ0v) is 14.3. The van der Waals surface area contributed by atoms with E-state index in [1.807, 2.05) is 56.3 Å². The third-order valence-electron chi connectivity index (χ3n) is 4.10. The highest BCUT2D eigenvalue weighted by Gasteiger charge is 2.25. The lowest BCUT2D eigenvalue weighted by atomic mass is 10.1. The van der Waals surface area contributed by atoms with E-state index in [1.54, 1.807) is 0 Å². The van der Waals surface area contributed by atoms with Crippen molar-refractivity contribution in [2.24, 2.45) is 0 Å². The molecule has 1 saturated heterocycles. The molecule has 0 spiro atoms. The maximum absolute atomic E-state index is 12.2. The molecule has 2 aromatic carbocycles. The van der Waals surface area contributed by atoms with Gasteiger partial charge in [0.2, 0.25) is 5.91 Å². The van der Waals surface area contributed by atoms with Gasteiger partial charge in [0.05, 0.1) is 12.2 Å². The third kappa shape index (κ3) is 3.74. The van der Waals surface area contributed by atoms with Gasteiger partial charge in [0.25, 0.3) is 0 Å². The second-order valence-corrected chi connectivity index (χ2v) is 5.95. The standard InChI is InChI=1S/C19H21N3O3/c1-13-6-5-7-14(2)18(13)25-16-9-4-3-8-15(16)21-12-17(23)22-11-10-20-19(22)24/h3-9,21H,10-12H2,1-2H3,(H,20,24). The fraction of sp³-hybridized carbons (Fsp3) is 0.263. The number of benzene rings is 2. The van der Waals surface area contributed by atoms with Crippen molar-refractivity contribution in [3.63, 3.8) is 0 Å². The highest BCUT2D eigenvalue weighted by Crippen LogP contribution is 2.33. The summed E-state index contributed by atoms with van der Waals surface area (Å²) in [6.07, 6.45) is 0. The molecule has 6 heteroatoms. The van der Waals surface area contributed by atoms with Crippen molar-refractivity contribution in [2.45, 2.75) is 13.8 Å². The molecule has 1 aliphatic heterocycles. The smallest absolute Gasteiger partial charge is 0.324 e. The summed E-state index contributed by atoms with van der Waals surface area (Å²) in [7, 11) is 0. The summed E-state index contributed by atoms with van der Waals surface area (Å²) in [6, 6.07) is 13.1. The number of nitrogens with one attached hydrogen (secondary N) is 2. The number of para-hydroxylation sites is 3. The van der Waals surface area contributed by atoms with E-state index in [4.69, 9.17) is 4.74 Å². The van der Waals surface area contributed by atoms with Gasteiger partial charge in [-0.05, 0) is 37.1 Å². The van der Waals surface area contributed by atoms with E-state index in [-0.39, 0.29) is 18.5 Å². The lowest BCUT2D eigenvalue weighted by Gasteiger charge is -2.17. The summed E-state index contributed by atoms with van der Waals surface area (Å²) in [5.41, 5.74) is 2.79. The predicted octanol–water partition coefficient (Wildman–Crippen LogP) is 3.06. The average molecular weight is 339 g/mol. The minimum atomic E-state index is -0.341. The molecule has 25 heavy (non-hydrogen) atoms. The van der Waals surface area contributed by atoms with Crippen molar-refractivity contribution < 1.29 is 14.3 Å². The molecule has 3 amide bonds. The zero-order chi connectivity index (χ0) is 17.8. The third-order valence-corrected chi connectivity index (χ3v) is 4.10. The summed E-state index contributed by atoms with van der Waals surface area (Å²) in [6.45, 7) is 4.92. The Hall–Kier alpha value is -3.02. The highest BCUT2D eigenvalue weighted by atomic mass is 16.5. The lowest BCUT2D eigenvalue weighted by Crippen LogP contribution is -2.38. The van der Waals surface area contributed by atoms with Crippen LogP contribution in [0.5, 0.6) is 11.5 Å². The predicted molar refractivity (Wildman–Crippen MR) is 96.0 cm³/mol. The molecule has 2 aromatic rings. The number of amides is 3. The first kappa shape index (κ1) is 16.8. The minimum absolute atomic E-state index is 0.0283. The Kier molecular flexibility index (Phi) is 4.88. The number of aryl methyl sites for hydroxylation is 2. The van der Waals surface area contributed by atoms with Crippen LogP contribution in [0.3, 0.4) is 0 Å². The van der Waals surface area contributed by atoms with Crippen molar-refractivity contribution in [3.8, 4) is 11.5 Å². The lowest BCUT2D eigenvalue weighted by molar-refractivity contribution is -0.125. The fourth-order valence-electron chi connectivity index (χ4n) is 2.75. The van der Waals surface area contributed by atoms with Crippen LogP contribution >= 0.6 is 0 Å². The number of ether oxygens (including phenoxy) is 1. The van der Waals surface area contributed by atoms with Crippen LogP contribution in [-0.2, 0) is 4.79 Å². The van der Waals surface area contributed by atoms with Gasteiger partial charge in [-0.2, -0.15) is 0 Å². The summed E-state index contributed by atoms with van der Waals surface area (Å²) in [5, 5.41) is 5.69. The molecule has 0 radical (unpaired) electrons. The maximum atomic E-state index is 12.2. The zero-order valence-electron chi connectivity index (χ0n) is 14.3. The van der Waals surface area contributed by atoms with Crippen molar-refractivity contribution in [2.75, 3.05) is 25.0 Å². The van der Waals surface area contributed by atoms with Crippen LogP contribution in [0.15, 0.2) is 42.5 Å². The number of urea groups is 1. The highest BCUT2D eigenvalue weighted by molar-refractivity contribution is 5.97. The van der Waals surface area contributed by atoms with Gasteiger partial charge in [0.15, 0.2) is 5.75 Å². The minimum Gasteiger partial charge on any atom is -0.455 e. The Bertz CT molecular complexity index is 784. The van der Waals surface area contributed by atoms with Crippen LogP contribution in [0, 0.1) is 13.8 Å². The first-order chi connectivity index (χ1) is 12.1.